The molecule has 6 nitrogen and oxygen atoms in total. The third-order valence-corrected chi connectivity index (χ3v) is 8.32. The maximum atomic E-state index is 14.0. The van der Waals surface area contributed by atoms with Crippen LogP contribution in [0.2, 0.25) is 0 Å². The number of methoxy groups -OCH3 is 1. The van der Waals surface area contributed by atoms with Crippen molar-refractivity contribution in [2.45, 2.75) is 24.4 Å². The van der Waals surface area contributed by atoms with Crippen LogP contribution in [0, 0.1) is 0 Å². The Hall–Kier alpha value is -2.14. The van der Waals surface area contributed by atoms with Crippen LogP contribution in [-0.2, 0) is 9.36 Å². The lowest BCUT2D eigenvalue weighted by atomic mass is 9.90. The van der Waals surface area contributed by atoms with E-state index >= 15 is 0 Å². The Bertz CT molecular complexity index is 808. The summed E-state index contributed by atoms with van der Waals surface area (Å²) in [5, 5.41) is 20.4. The molecule has 2 aromatic rings. The number of aliphatic carboxylic acids is 1. The zero-order valence-electron chi connectivity index (χ0n) is 14.5. The molecular formula is C19H22NO5P. The summed E-state index contributed by atoms with van der Waals surface area (Å²) in [6, 6.07) is 16.1. The summed E-state index contributed by atoms with van der Waals surface area (Å²) in [6.07, 6.45) is 0.262. The Kier molecular flexibility index (Phi) is 5.47. The Morgan fingerprint density at radius 2 is 1.85 bits per heavy atom. The van der Waals surface area contributed by atoms with Gasteiger partial charge in [0.15, 0.2) is 0 Å². The first-order valence-corrected chi connectivity index (χ1v) is 10.2. The van der Waals surface area contributed by atoms with Crippen molar-refractivity contribution < 1.29 is 24.4 Å². The summed E-state index contributed by atoms with van der Waals surface area (Å²) < 4.78 is 19.1. The third-order valence-electron chi connectivity index (χ3n) is 4.95. The molecule has 26 heavy (non-hydrogen) atoms. The first-order valence-electron chi connectivity index (χ1n) is 8.44. The first kappa shape index (κ1) is 18.6. The van der Waals surface area contributed by atoms with Gasteiger partial charge in [-0.2, -0.15) is 0 Å². The van der Waals surface area contributed by atoms with Gasteiger partial charge in [0.05, 0.1) is 13.5 Å². The van der Waals surface area contributed by atoms with E-state index in [0.29, 0.717) is 17.5 Å². The van der Waals surface area contributed by atoms with Crippen LogP contribution in [0.25, 0.3) is 0 Å². The highest BCUT2D eigenvalue weighted by atomic mass is 31.2. The highest BCUT2D eigenvalue weighted by Gasteiger charge is 2.49. The second-order valence-electron chi connectivity index (χ2n) is 6.39. The van der Waals surface area contributed by atoms with Gasteiger partial charge in [0.25, 0.3) is 0 Å². The van der Waals surface area contributed by atoms with Gasteiger partial charge < -0.3 is 15.1 Å². The zero-order valence-corrected chi connectivity index (χ0v) is 15.4. The minimum Gasteiger partial charge on any atom is -0.497 e. The molecule has 0 aliphatic carbocycles. The smallest absolute Gasteiger partial charge is 0.304 e. The fraction of sp³-hybridized carbons (Fsp3) is 0.316. The molecule has 0 spiro atoms. The van der Waals surface area contributed by atoms with E-state index in [1.54, 1.807) is 24.3 Å². The van der Waals surface area contributed by atoms with E-state index in [2.05, 4.69) is 0 Å². The van der Waals surface area contributed by atoms with Crippen LogP contribution in [0.3, 0.4) is 0 Å². The van der Waals surface area contributed by atoms with Gasteiger partial charge in [0.1, 0.15) is 5.75 Å². The minimum absolute atomic E-state index is 0.205. The normalized spacial score (nSPS) is 26.4. The van der Waals surface area contributed by atoms with E-state index in [-0.39, 0.29) is 18.9 Å². The molecule has 3 unspecified atom stereocenters. The van der Waals surface area contributed by atoms with Gasteiger partial charge in [-0.1, -0.05) is 30.3 Å². The molecule has 7 heteroatoms. The molecule has 0 aromatic heterocycles. The number of hydrogen-bond donors (Lipinski definition) is 2. The molecule has 1 aliphatic rings. The van der Waals surface area contributed by atoms with Gasteiger partial charge in [0.2, 0.25) is 7.29 Å². The molecule has 1 heterocycles. The predicted octanol–water partition coefficient (Wildman–Crippen LogP) is 3.32. The molecule has 0 amide bonds. The molecule has 2 aromatic carbocycles. The van der Waals surface area contributed by atoms with Crippen LogP contribution in [0.5, 0.6) is 5.75 Å². The third kappa shape index (κ3) is 3.40. The lowest BCUT2D eigenvalue weighted by molar-refractivity contribution is -0.137. The molecule has 138 valence electrons. The molecule has 0 bridgehead atoms. The molecule has 1 aliphatic heterocycles. The number of rotatable bonds is 5. The van der Waals surface area contributed by atoms with E-state index < -0.39 is 18.9 Å². The molecule has 0 radical (unpaired) electrons. The lowest BCUT2D eigenvalue weighted by Gasteiger charge is -2.42. The van der Waals surface area contributed by atoms with Crippen molar-refractivity contribution in [3.05, 3.63) is 60.2 Å². The number of nitrogens with zero attached hydrogens (tertiary/aromatic N) is 1. The quantitative estimate of drug-likeness (QED) is 0.780. The molecule has 0 saturated carbocycles. The van der Waals surface area contributed by atoms with Gasteiger partial charge in [-0.25, -0.2) is 0 Å². The predicted molar refractivity (Wildman–Crippen MR) is 98.6 cm³/mol. The Morgan fingerprint density at radius 1 is 1.19 bits per heavy atom. The summed E-state index contributed by atoms with van der Waals surface area (Å²) in [5.41, 5.74) is 0.232. The van der Waals surface area contributed by atoms with Crippen molar-refractivity contribution in [1.29, 1.82) is 0 Å². The molecule has 3 rings (SSSR count). The number of carbonyl (C=O) groups is 1. The van der Waals surface area contributed by atoms with E-state index in [1.807, 2.05) is 30.3 Å². The summed E-state index contributed by atoms with van der Waals surface area (Å²) in [5.74, 6) is -0.625. The lowest BCUT2D eigenvalue weighted by Crippen LogP contribution is -2.41. The van der Waals surface area contributed by atoms with Crippen LogP contribution >= 0.6 is 7.29 Å². The number of hydroxylamine groups is 1. The van der Waals surface area contributed by atoms with Crippen LogP contribution in [0.1, 0.15) is 24.3 Å². The van der Waals surface area contributed by atoms with E-state index in [0.717, 1.165) is 10.4 Å². The summed E-state index contributed by atoms with van der Waals surface area (Å²) in [7, 11) is -1.98. The number of carboxylic acids is 1. The van der Waals surface area contributed by atoms with Crippen molar-refractivity contribution in [2.24, 2.45) is 0 Å². The SMILES string of the molecule is COc1ccc(P2(=O)C(CC(=O)O)C(c3ccccc3)CCN2O)cc1. The Balaban J connectivity index is 2.08. The van der Waals surface area contributed by atoms with Gasteiger partial charge in [-0.05, 0) is 42.2 Å². The molecule has 3 atom stereocenters. The van der Waals surface area contributed by atoms with Crippen molar-refractivity contribution in [3.63, 3.8) is 0 Å². The fourth-order valence-corrected chi connectivity index (χ4v) is 6.86. The summed E-state index contributed by atoms with van der Waals surface area (Å²) in [4.78, 5) is 12.4. The Labute approximate surface area is 152 Å². The number of carboxylic acid groups (broad SMARTS) is 1. The molecule has 1 fully saturated rings. The van der Waals surface area contributed by atoms with Crippen LogP contribution in [0.4, 0.5) is 0 Å². The van der Waals surface area contributed by atoms with Gasteiger partial charge in [-0.3, -0.25) is 9.36 Å². The molecular weight excluding hydrogens is 353 g/mol. The average molecular weight is 375 g/mol. The van der Waals surface area contributed by atoms with Crippen LogP contribution in [-0.4, -0.2) is 40.4 Å². The second kappa shape index (κ2) is 7.62. The monoisotopic (exact) mass is 375 g/mol. The maximum Gasteiger partial charge on any atom is 0.304 e. The van der Waals surface area contributed by atoms with Gasteiger partial charge >= 0.3 is 5.97 Å². The van der Waals surface area contributed by atoms with E-state index in [4.69, 9.17) is 4.74 Å². The van der Waals surface area contributed by atoms with Crippen molar-refractivity contribution in [1.82, 2.24) is 4.83 Å². The topological polar surface area (TPSA) is 87.1 Å². The largest absolute Gasteiger partial charge is 0.497 e. The Morgan fingerprint density at radius 3 is 2.42 bits per heavy atom. The highest BCUT2D eigenvalue weighted by Crippen LogP contribution is 2.61. The average Bonchev–Trinajstić information content (AvgIpc) is 2.66. The van der Waals surface area contributed by atoms with Crippen molar-refractivity contribution in [2.75, 3.05) is 13.7 Å². The molecule has 1 saturated heterocycles. The fourth-order valence-electron chi connectivity index (χ4n) is 3.67. The minimum atomic E-state index is -3.52. The van der Waals surface area contributed by atoms with E-state index in [9.17, 15) is 19.7 Å². The second-order valence-corrected chi connectivity index (χ2v) is 9.28. The number of ether oxygens (including phenoxy) is 1. The molecule has 2 N–H and O–H groups in total. The number of hydrogen-bond acceptors (Lipinski definition) is 4. The van der Waals surface area contributed by atoms with Gasteiger partial charge in [-0.15, -0.1) is 4.83 Å². The zero-order chi connectivity index (χ0) is 18.7. The van der Waals surface area contributed by atoms with Crippen molar-refractivity contribution >= 4 is 18.6 Å². The summed E-state index contributed by atoms with van der Waals surface area (Å²) in [6.45, 7) is 0.221. The standard InChI is InChI=1S/C19H22NO5P/c1-25-15-7-9-16(10-8-15)26(24)18(13-19(21)22)17(11-12-20(26)23)14-5-3-2-4-6-14/h2-10,17-18,23H,11-13H2,1H3,(H,21,22). The van der Waals surface area contributed by atoms with Crippen molar-refractivity contribution in [3.8, 4) is 5.75 Å². The number of benzene rings is 2. The van der Waals surface area contributed by atoms with Crippen LogP contribution in [0.15, 0.2) is 54.6 Å². The first-order chi connectivity index (χ1) is 12.5. The van der Waals surface area contributed by atoms with Gasteiger partial charge in [0, 0.05) is 17.5 Å². The summed E-state index contributed by atoms with van der Waals surface area (Å²) >= 11 is 0. The van der Waals surface area contributed by atoms with Crippen LogP contribution < -0.4 is 10.0 Å². The van der Waals surface area contributed by atoms with E-state index in [1.165, 1.54) is 7.11 Å². The highest BCUT2D eigenvalue weighted by molar-refractivity contribution is 7.70. The maximum absolute atomic E-state index is 14.0.